The Morgan fingerprint density at radius 3 is 2.91 bits per heavy atom. The molecule has 0 spiro atoms. The van der Waals surface area contributed by atoms with Gasteiger partial charge in [-0.05, 0) is 5.92 Å². The molecule has 0 aromatic heterocycles. The first-order valence-electron chi connectivity index (χ1n) is 3.99. The molecule has 1 aliphatic rings. The van der Waals surface area contributed by atoms with E-state index in [9.17, 15) is 0 Å². The van der Waals surface area contributed by atoms with Crippen molar-refractivity contribution in [2.45, 2.75) is 20.1 Å². The minimum Gasteiger partial charge on any atom is -0.367 e. The van der Waals surface area contributed by atoms with Gasteiger partial charge in [-0.15, -0.1) is 0 Å². The monoisotopic (exact) mass is 158 g/mol. The number of hydrogen-bond acceptors (Lipinski definition) is 3. The lowest BCUT2D eigenvalue weighted by molar-refractivity contribution is -0.145. The van der Waals surface area contributed by atoms with Crippen LogP contribution in [0.5, 0.6) is 0 Å². The van der Waals surface area contributed by atoms with Crippen molar-refractivity contribution in [2.24, 2.45) is 0 Å². The number of ether oxygens (including phenoxy) is 1. The third-order valence-corrected chi connectivity index (χ3v) is 1.67. The van der Waals surface area contributed by atoms with Gasteiger partial charge >= 0.3 is 0 Å². The number of aliphatic hydroxyl groups excluding tert-OH is 1. The average molecular weight is 158 g/mol. The standard InChI is InChI=1S/C8H16NO2/c1-7(2)5-9-3-4-11-8(10)6-9/h8,10H,3-6H2,1-2H3. The normalized spacial score (nSPS) is 27.8. The van der Waals surface area contributed by atoms with Crippen LogP contribution in [0.25, 0.3) is 0 Å². The van der Waals surface area contributed by atoms with Crippen molar-refractivity contribution in [3.8, 4) is 0 Å². The van der Waals surface area contributed by atoms with Gasteiger partial charge in [0.05, 0.1) is 6.61 Å². The Morgan fingerprint density at radius 2 is 2.36 bits per heavy atom. The summed E-state index contributed by atoms with van der Waals surface area (Å²) in [6.45, 7) is 7.39. The number of hydrogen-bond donors (Lipinski definition) is 1. The van der Waals surface area contributed by atoms with Crippen molar-refractivity contribution in [2.75, 3.05) is 26.2 Å². The number of rotatable bonds is 2. The molecule has 0 aliphatic carbocycles. The molecule has 0 aromatic rings. The van der Waals surface area contributed by atoms with Crippen LogP contribution in [0.1, 0.15) is 13.8 Å². The minimum absolute atomic E-state index is 0.580. The van der Waals surface area contributed by atoms with Crippen LogP contribution < -0.4 is 0 Å². The Kier molecular flexibility index (Phi) is 3.30. The largest absolute Gasteiger partial charge is 0.367 e. The zero-order valence-corrected chi connectivity index (χ0v) is 7.21. The van der Waals surface area contributed by atoms with Crippen molar-refractivity contribution in [3.05, 3.63) is 5.92 Å². The highest BCUT2D eigenvalue weighted by molar-refractivity contribution is 4.82. The van der Waals surface area contributed by atoms with E-state index in [0.29, 0.717) is 13.2 Å². The molecule has 1 heterocycles. The van der Waals surface area contributed by atoms with Gasteiger partial charge in [-0.1, -0.05) is 13.8 Å². The molecule has 1 N–H and O–H groups in total. The fourth-order valence-corrected chi connectivity index (χ4v) is 1.27. The van der Waals surface area contributed by atoms with Gasteiger partial charge in [0.1, 0.15) is 0 Å². The zero-order chi connectivity index (χ0) is 8.27. The van der Waals surface area contributed by atoms with Crippen molar-refractivity contribution >= 4 is 0 Å². The fraction of sp³-hybridized carbons (Fsp3) is 0.875. The second-order valence-corrected chi connectivity index (χ2v) is 3.27. The molecule has 0 bridgehead atoms. The molecule has 65 valence electrons. The lowest BCUT2D eigenvalue weighted by Gasteiger charge is -2.30. The SMILES string of the molecule is C[C](C)CN1CCOC(O)C1. The van der Waals surface area contributed by atoms with E-state index in [1.54, 1.807) is 0 Å². The van der Waals surface area contributed by atoms with Crippen LogP contribution in [0.4, 0.5) is 0 Å². The van der Waals surface area contributed by atoms with Gasteiger partial charge in [0.2, 0.25) is 0 Å². The predicted octanol–water partition coefficient (Wildman–Crippen LogP) is 0.251. The molecule has 1 saturated heterocycles. The molecule has 1 fully saturated rings. The quantitative estimate of drug-likeness (QED) is 0.625. The van der Waals surface area contributed by atoms with E-state index in [4.69, 9.17) is 9.84 Å². The molecule has 3 nitrogen and oxygen atoms in total. The summed E-state index contributed by atoms with van der Waals surface area (Å²) < 4.78 is 4.99. The third kappa shape index (κ3) is 3.18. The molecule has 0 saturated carbocycles. The Morgan fingerprint density at radius 1 is 1.64 bits per heavy atom. The molecule has 1 rings (SSSR count). The molecular formula is C8H16NO2. The van der Waals surface area contributed by atoms with Crippen molar-refractivity contribution < 1.29 is 9.84 Å². The summed E-state index contributed by atoms with van der Waals surface area (Å²) in [5, 5.41) is 9.12. The first kappa shape index (κ1) is 8.97. The maximum Gasteiger partial charge on any atom is 0.167 e. The van der Waals surface area contributed by atoms with E-state index in [0.717, 1.165) is 13.1 Å². The summed E-state index contributed by atoms with van der Waals surface area (Å²) in [4.78, 5) is 2.20. The lowest BCUT2D eigenvalue weighted by Crippen LogP contribution is -2.43. The highest BCUT2D eigenvalue weighted by Gasteiger charge is 2.17. The number of nitrogens with zero attached hydrogens (tertiary/aromatic N) is 1. The Labute approximate surface area is 68.0 Å². The Bertz CT molecular complexity index is 115. The van der Waals surface area contributed by atoms with Crippen molar-refractivity contribution in [3.63, 3.8) is 0 Å². The average Bonchev–Trinajstić information content (AvgIpc) is 1.85. The lowest BCUT2D eigenvalue weighted by atomic mass is 10.2. The first-order valence-corrected chi connectivity index (χ1v) is 3.99. The van der Waals surface area contributed by atoms with Gasteiger partial charge in [-0.2, -0.15) is 0 Å². The number of aliphatic hydroxyl groups is 1. The third-order valence-electron chi connectivity index (χ3n) is 1.67. The Hall–Kier alpha value is -0.120. The summed E-state index contributed by atoms with van der Waals surface area (Å²) in [5.74, 6) is 1.37. The molecule has 1 atom stereocenters. The van der Waals surface area contributed by atoms with Crippen LogP contribution in [0, 0.1) is 5.92 Å². The number of β-amino-alcohol motifs (C(OH)–C–C–N with tert-alkyl or cyclic N) is 1. The van der Waals surface area contributed by atoms with Crippen LogP contribution in [0.3, 0.4) is 0 Å². The Balaban J connectivity index is 2.23. The second-order valence-electron chi connectivity index (χ2n) is 3.27. The predicted molar refractivity (Wildman–Crippen MR) is 43.0 cm³/mol. The molecule has 3 heteroatoms. The van der Waals surface area contributed by atoms with Crippen LogP contribution in [-0.4, -0.2) is 42.5 Å². The van der Waals surface area contributed by atoms with E-state index in [1.807, 2.05) is 0 Å². The number of morpholine rings is 1. The van der Waals surface area contributed by atoms with E-state index in [1.165, 1.54) is 5.92 Å². The van der Waals surface area contributed by atoms with Gasteiger partial charge in [0.25, 0.3) is 0 Å². The van der Waals surface area contributed by atoms with Crippen molar-refractivity contribution in [1.29, 1.82) is 0 Å². The zero-order valence-electron chi connectivity index (χ0n) is 7.21. The molecule has 0 aromatic carbocycles. The van der Waals surface area contributed by atoms with E-state index in [-0.39, 0.29) is 0 Å². The van der Waals surface area contributed by atoms with E-state index in [2.05, 4.69) is 18.7 Å². The molecule has 11 heavy (non-hydrogen) atoms. The summed E-state index contributed by atoms with van der Waals surface area (Å²) >= 11 is 0. The summed E-state index contributed by atoms with van der Waals surface area (Å²) in [7, 11) is 0. The highest BCUT2D eigenvalue weighted by Crippen LogP contribution is 2.06. The van der Waals surface area contributed by atoms with Gasteiger partial charge < -0.3 is 9.84 Å². The maximum absolute atomic E-state index is 9.12. The molecule has 1 unspecified atom stereocenters. The summed E-state index contributed by atoms with van der Waals surface area (Å²) in [5.41, 5.74) is 0. The molecule has 1 aliphatic heterocycles. The molecule has 1 radical (unpaired) electrons. The minimum atomic E-state index is -0.580. The van der Waals surface area contributed by atoms with Gasteiger partial charge in [-0.25, -0.2) is 0 Å². The first-order chi connectivity index (χ1) is 5.18. The molecular weight excluding hydrogens is 142 g/mol. The smallest absolute Gasteiger partial charge is 0.167 e. The highest BCUT2D eigenvalue weighted by atomic mass is 16.6. The van der Waals surface area contributed by atoms with Crippen LogP contribution in [-0.2, 0) is 4.74 Å². The fourth-order valence-electron chi connectivity index (χ4n) is 1.27. The molecule has 0 amide bonds. The van der Waals surface area contributed by atoms with Crippen LogP contribution in [0.2, 0.25) is 0 Å². The van der Waals surface area contributed by atoms with Gasteiger partial charge in [0.15, 0.2) is 6.29 Å². The summed E-state index contributed by atoms with van der Waals surface area (Å²) in [6, 6.07) is 0. The van der Waals surface area contributed by atoms with Crippen LogP contribution >= 0.6 is 0 Å². The summed E-state index contributed by atoms with van der Waals surface area (Å²) in [6.07, 6.45) is -0.580. The topological polar surface area (TPSA) is 32.7 Å². The van der Waals surface area contributed by atoms with E-state index < -0.39 is 6.29 Å². The maximum atomic E-state index is 9.12. The van der Waals surface area contributed by atoms with Gasteiger partial charge in [0, 0.05) is 19.6 Å². The van der Waals surface area contributed by atoms with Gasteiger partial charge in [-0.3, -0.25) is 4.90 Å². The van der Waals surface area contributed by atoms with Crippen LogP contribution in [0.15, 0.2) is 0 Å². The van der Waals surface area contributed by atoms with E-state index >= 15 is 0 Å². The van der Waals surface area contributed by atoms with Crippen molar-refractivity contribution in [1.82, 2.24) is 4.90 Å². The second kappa shape index (κ2) is 4.04.